The zero-order valence-electron chi connectivity index (χ0n) is 9.97. The molecule has 20 heavy (non-hydrogen) atoms. The van der Waals surface area contributed by atoms with Crippen LogP contribution in [0.5, 0.6) is 0 Å². The number of nitrogens with zero attached hydrogens (tertiary/aromatic N) is 1. The molecule has 0 saturated carbocycles. The zero-order chi connectivity index (χ0) is 14.3. The first kappa shape index (κ1) is 13.4. The lowest BCUT2D eigenvalue weighted by atomic mass is 10.2. The lowest BCUT2D eigenvalue weighted by Gasteiger charge is -2.07. The topological polar surface area (TPSA) is 58.5 Å². The number of anilines is 1. The van der Waals surface area contributed by atoms with E-state index in [0.717, 1.165) is 0 Å². The average molecular weight is 327 g/mol. The zero-order valence-corrected chi connectivity index (χ0v) is 12.3. The number of hydrogen-bond acceptors (Lipinski definition) is 3. The molecule has 1 aliphatic rings. The van der Waals surface area contributed by atoms with Gasteiger partial charge < -0.3 is 5.32 Å². The quantitative estimate of drug-likeness (QED) is 0.871. The van der Waals surface area contributed by atoms with E-state index in [4.69, 9.17) is 23.2 Å². The van der Waals surface area contributed by atoms with Crippen LogP contribution in [0.1, 0.15) is 5.56 Å². The highest BCUT2D eigenvalue weighted by Gasteiger charge is 2.28. The van der Waals surface area contributed by atoms with Gasteiger partial charge in [-0.05, 0) is 30.3 Å². The molecule has 0 atom stereocenters. The Labute approximate surface area is 126 Å². The summed E-state index contributed by atoms with van der Waals surface area (Å²) in [5.41, 5.74) is 1.11. The molecule has 0 bridgehead atoms. The number of benzene rings is 2. The lowest BCUT2D eigenvalue weighted by Crippen LogP contribution is -2.11. The third kappa shape index (κ3) is 2.40. The van der Waals surface area contributed by atoms with Crippen LogP contribution in [0.15, 0.2) is 51.8 Å². The number of hydrogen-bond donors (Lipinski definition) is 1. The van der Waals surface area contributed by atoms with Crippen LogP contribution < -0.4 is 5.32 Å². The number of nitrogens with one attached hydrogen (secondary N) is 1. The van der Waals surface area contributed by atoms with Crippen LogP contribution in [0.4, 0.5) is 5.69 Å². The van der Waals surface area contributed by atoms with Crippen molar-refractivity contribution in [3.63, 3.8) is 0 Å². The van der Waals surface area contributed by atoms with Crippen LogP contribution in [0.25, 0.3) is 0 Å². The maximum Gasteiger partial charge on any atom is 0.285 e. The molecule has 0 spiro atoms. The molecule has 0 aromatic heterocycles. The number of amidine groups is 1. The van der Waals surface area contributed by atoms with Gasteiger partial charge in [0.1, 0.15) is 4.90 Å². The standard InChI is InChI=1S/C13H8Cl2N2O2S/c14-8-5-9(15)7-10(6-8)16-13-11-3-1-2-4-12(11)20(18,19)17-13/h1-7H,(H,16,17). The predicted octanol–water partition coefficient (Wildman–Crippen LogP) is 3.55. The minimum Gasteiger partial charge on any atom is -0.339 e. The summed E-state index contributed by atoms with van der Waals surface area (Å²) in [4.78, 5) is 0.190. The van der Waals surface area contributed by atoms with Gasteiger partial charge in [-0.3, -0.25) is 0 Å². The summed E-state index contributed by atoms with van der Waals surface area (Å²) in [5, 5.41) is 3.84. The minimum atomic E-state index is -3.64. The largest absolute Gasteiger partial charge is 0.339 e. The Morgan fingerprint density at radius 1 is 1.00 bits per heavy atom. The fourth-order valence-electron chi connectivity index (χ4n) is 1.96. The van der Waals surface area contributed by atoms with E-state index in [2.05, 4.69) is 9.71 Å². The summed E-state index contributed by atoms with van der Waals surface area (Å²) in [6, 6.07) is 11.5. The molecule has 102 valence electrons. The van der Waals surface area contributed by atoms with Gasteiger partial charge in [0.05, 0.1) is 0 Å². The number of sulfonamides is 1. The van der Waals surface area contributed by atoms with Crippen LogP contribution in [-0.4, -0.2) is 14.3 Å². The summed E-state index contributed by atoms with van der Waals surface area (Å²) >= 11 is 11.8. The Morgan fingerprint density at radius 2 is 1.65 bits per heavy atom. The summed E-state index contributed by atoms with van der Waals surface area (Å²) in [7, 11) is -3.64. The van der Waals surface area contributed by atoms with Crippen molar-refractivity contribution in [3.05, 3.63) is 58.1 Å². The second-order valence-electron chi connectivity index (χ2n) is 4.19. The molecule has 0 amide bonds. The molecule has 2 aromatic rings. The van der Waals surface area contributed by atoms with Crippen LogP contribution in [-0.2, 0) is 10.0 Å². The first-order valence-corrected chi connectivity index (χ1v) is 7.83. The normalized spacial score (nSPS) is 15.6. The van der Waals surface area contributed by atoms with Crippen molar-refractivity contribution in [3.8, 4) is 0 Å². The smallest absolute Gasteiger partial charge is 0.285 e. The molecule has 0 radical (unpaired) electrons. The Hall–Kier alpha value is -1.56. The van der Waals surface area contributed by atoms with E-state index >= 15 is 0 Å². The maximum absolute atomic E-state index is 11.9. The minimum absolute atomic E-state index is 0.190. The molecular weight excluding hydrogens is 319 g/mol. The molecule has 1 aliphatic heterocycles. The molecule has 2 aromatic carbocycles. The van der Waals surface area contributed by atoms with E-state index in [9.17, 15) is 8.42 Å². The van der Waals surface area contributed by atoms with E-state index in [0.29, 0.717) is 21.3 Å². The van der Waals surface area contributed by atoms with Crippen LogP contribution >= 0.6 is 23.2 Å². The van der Waals surface area contributed by atoms with E-state index in [1.165, 1.54) is 6.07 Å². The van der Waals surface area contributed by atoms with E-state index in [1.54, 1.807) is 36.4 Å². The molecule has 0 fully saturated rings. The third-order valence-electron chi connectivity index (χ3n) is 2.76. The number of halogens is 2. The first-order valence-electron chi connectivity index (χ1n) is 5.63. The van der Waals surface area contributed by atoms with Gasteiger partial charge in [0, 0.05) is 21.3 Å². The molecule has 4 nitrogen and oxygen atoms in total. The van der Waals surface area contributed by atoms with Crippen LogP contribution in [0, 0.1) is 0 Å². The number of rotatable bonds is 1. The lowest BCUT2D eigenvalue weighted by molar-refractivity contribution is 0.599. The van der Waals surface area contributed by atoms with Crippen molar-refractivity contribution >= 4 is 44.7 Å². The third-order valence-corrected chi connectivity index (χ3v) is 4.53. The summed E-state index contributed by atoms with van der Waals surface area (Å²) in [6.07, 6.45) is 0. The van der Waals surface area contributed by atoms with E-state index in [-0.39, 0.29) is 10.7 Å². The Kier molecular flexibility index (Phi) is 3.20. The predicted molar refractivity (Wildman–Crippen MR) is 80.2 cm³/mol. The SMILES string of the molecule is O=S1(=O)N=C(Nc2cc(Cl)cc(Cl)c2)c2ccccc21. The van der Waals surface area contributed by atoms with Crippen molar-refractivity contribution in [2.45, 2.75) is 4.90 Å². The van der Waals surface area contributed by atoms with E-state index < -0.39 is 10.0 Å². The van der Waals surface area contributed by atoms with Crippen molar-refractivity contribution in [1.82, 2.24) is 0 Å². The van der Waals surface area contributed by atoms with Gasteiger partial charge in [0.15, 0.2) is 5.84 Å². The second-order valence-corrected chi connectivity index (χ2v) is 6.64. The van der Waals surface area contributed by atoms with Crippen molar-refractivity contribution in [2.24, 2.45) is 4.40 Å². The van der Waals surface area contributed by atoms with Crippen molar-refractivity contribution in [1.29, 1.82) is 0 Å². The first-order chi connectivity index (χ1) is 9.45. The highest BCUT2D eigenvalue weighted by atomic mass is 35.5. The maximum atomic E-state index is 11.9. The van der Waals surface area contributed by atoms with Crippen LogP contribution in [0.3, 0.4) is 0 Å². The molecule has 1 heterocycles. The van der Waals surface area contributed by atoms with Gasteiger partial charge >= 0.3 is 0 Å². The molecule has 0 saturated heterocycles. The highest BCUT2D eigenvalue weighted by Crippen LogP contribution is 2.28. The summed E-state index contributed by atoms with van der Waals surface area (Å²) in [6.45, 7) is 0. The van der Waals surface area contributed by atoms with Gasteiger partial charge in [0.25, 0.3) is 10.0 Å². The number of fused-ring (bicyclic) bond motifs is 1. The summed E-state index contributed by atoms with van der Waals surface area (Å²) in [5.74, 6) is 0.263. The van der Waals surface area contributed by atoms with Gasteiger partial charge in [-0.2, -0.15) is 8.42 Å². The summed E-state index contributed by atoms with van der Waals surface area (Å²) < 4.78 is 27.6. The van der Waals surface area contributed by atoms with Gasteiger partial charge in [-0.25, -0.2) is 0 Å². The van der Waals surface area contributed by atoms with Crippen molar-refractivity contribution < 1.29 is 8.42 Å². The van der Waals surface area contributed by atoms with Gasteiger partial charge in [0.2, 0.25) is 0 Å². The Morgan fingerprint density at radius 3 is 2.35 bits per heavy atom. The van der Waals surface area contributed by atoms with Crippen LogP contribution in [0.2, 0.25) is 10.0 Å². The average Bonchev–Trinajstić information content (AvgIpc) is 2.60. The Bertz CT molecular complexity index is 812. The monoisotopic (exact) mass is 326 g/mol. The Balaban J connectivity index is 2.04. The molecule has 0 unspecified atom stereocenters. The molecule has 7 heteroatoms. The van der Waals surface area contributed by atoms with Crippen molar-refractivity contribution in [2.75, 3.05) is 5.32 Å². The molecular formula is C13H8Cl2N2O2S. The fraction of sp³-hybridized carbons (Fsp3) is 0. The molecule has 3 rings (SSSR count). The molecule has 1 N–H and O–H groups in total. The van der Waals surface area contributed by atoms with E-state index in [1.807, 2.05) is 0 Å². The van der Waals surface area contributed by atoms with Gasteiger partial charge in [-0.15, -0.1) is 4.40 Å². The molecule has 0 aliphatic carbocycles. The second kappa shape index (κ2) is 4.77. The fourth-order valence-corrected chi connectivity index (χ4v) is 3.66. The van der Waals surface area contributed by atoms with Gasteiger partial charge in [-0.1, -0.05) is 35.3 Å². The highest BCUT2D eigenvalue weighted by molar-refractivity contribution is 7.90.